The van der Waals surface area contributed by atoms with Gasteiger partial charge in [-0.15, -0.1) is 0 Å². The molecule has 0 unspecified atom stereocenters. The molecule has 1 fully saturated rings. The quantitative estimate of drug-likeness (QED) is 0.559. The number of nitrogens with zero attached hydrogens (tertiary/aromatic N) is 1. The van der Waals surface area contributed by atoms with Crippen LogP contribution in [0.5, 0.6) is 0 Å². The first-order valence-electron chi connectivity index (χ1n) is 6.08. The van der Waals surface area contributed by atoms with Crippen LogP contribution < -0.4 is 11.2 Å². The third-order valence-corrected chi connectivity index (χ3v) is 2.14. The molecule has 3 N–H and O–H groups in total. The van der Waals surface area contributed by atoms with Crippen LogP contribution in [-0.2, 0) is 4.74 Å². The molecule has 0 saturated carbocycles. The van der Waals surface area contributed by atoms with Crippen molar-refractivity contribution < 1.29 is 22.1 Å². The zero-order valence-corrected chi connectivity index (χ0v) is 7.75. The molecule has 8 heteroatoms. The van der Waals surface area contributed by atoms with Crippen LogP contribution in [0.25, 0.3) is 0 Å². The Kier molecular flexibility index (Phi) is 1.65. The zero-order chi connectivity index (χ0) is 15.0. The molecule has 1 aromatic rings. The molecule has 0 aromatic carbocycles. The average molecular weight is 236 g/mol. The summed E-state index contributed by atoms with van der Waals surface area (Å²) in [7, 11) is 0. The second kappa shape index (κ2) is 3.81. The molecule has 1 aliphatic rings. The van der Waals surface area contributed by atoms with E-state index in [-0.39, 0.29) is 11.6 Å². The molecule has 1 aliphatic heterocycles. The highest BCUT2D eigenvalue weighted by atomic mass is 19.1. The lowest BCUT2D eigenvalue weighted by atomic mass is 10.2. The summed E-state index contributed by atoms with van der Waals surface area (Å²) in [5, 5.41) is 8.49. The van der Waals surface area contributed by atoms with Crippen molar-refractivity contribution in [1.82, 2.24) is 9.54 Å². The second-order valence-corrected chi connectivity index (χ2v) is 3.22. The molecule has 1 aromatic heterocycles. The number of aromatic nitrogens is 2. The van der Waals surface area contributed by atoms with Gasteiger partial charge in [-0.05, 0) is 0 Å². The van der Waals surface area contributed by atoms with Crippen molar-refractivity contribution in [3.05, 3.63) is 32.8 Å². The fourth-order valence-corrected chi connectivity index (χ4v) is 1.35. The van der Waals surface area contributed by atoms with Gasteiger partial charge in [-0.25, -0.2) is 4.79 Å². The number of aromatic amines is 1. The molecule has 16 heavy (non-hydrogen) atoms. The van der Waals surface area contributed by atoms with E-state index in [2.05, 4.69) is 10.2 Å². The van der Waals surface area contributed by atoms with Gasteiger partial charge >= 0.3 is 5.69 Å². The third kappa shape index (κ3) is 1.66. The Morgan fingerprint density at radius 2 is 2.56 bits per heavy atom. The molecular formula is C8H9FN2O5. The molecule has 0 aliphatic carbocycles. The van der Waals surface area contributed by atoms with E-state index in [0.29, 0.717) is 4.57 Å². The fourth-order valence-electron chi connectivity index (χ4n) is 1.35. The van der Waals surface area contributed by atoms with Gasteiger partial charge in [0.1, 0.15) is 12.2 Å². The highest BCUT2D eigenvalue weighted by molar-refractivity contribution is 4.91. The first kappa shape index (κ1) is 6.94. The number of hydrogen-bond acceptors (Lipinski definition) is 5. The molecule has 0 radical (unpaired) electrons. The molecule has 0 amide bonds. The highest BCUT2D eigenvalue weighted by Gasteiger charge is 2.36. The van der Waals surface area contributed by atoms with Crippen LogP contribution in [0, 0.1) is 5.82 Å². The number of ether oxygens (including phenoxy) is 1. The maximum Gasteiger partial charge on any atom is 0.330 e. The summed E-state index contributed by atoms with van der Waals surface area (Å²) in [6.45, 7) is -0.234. The van der Waals surface area contributed by atoms with E-state index in [9.17, 15) is 14.0 Å². The van der Waals surface area contributed by atoms with Gasteiger partial charge < -0.3 is 15.0 Å². The Morgan fingerprint density at radius 1 is 1.75 bits per heavy atom. The first-order valence-corrected chi connectivity index (χ1v) is 4.32. The summed E-state index contributed by atoms with van der Waals surface area (Å²) in [5.41, 5.74) is -2.88. The second-order valence-electron chi connectivity index (χ2n) is 3.22. The number of nitrogens with one attached hydrogen (secondary N) is 1. The summed E-state index contributed by atoms with van der Waals surface area (Å²) < 4.78 is 47.1. The van der Waals surface area contributed by atoms with Crippen molar-refractivity contribution >= 4 is 0 Å². The zero-order valence-electron chi connectivity index (χ0n) is 11.8. The van der Waals surface area contributed by atoms with Crippen molar-refractivity contribution in [2.24, 2.45) is 0 Å². The molecule has 7 nitrogen and oxygen atoms in total. The lowest BCUT2D eigenvalue weighted by Crippen LogP contribution is -2.38. The minimum absolute atomic E-state index is 0.234. The number of aliphatic hydroxyl groups is 2. The van der Waals surface area contributed by atoms with E-state index in [1.807, 2.05) is 0 Å². The van der Waals surface area contributed by atoms with Crippen LogP contribution >= 0.6 is 0 Å². The fraction of sp³-hybridized carbons (Fsp3) is 0.500. The van der Waals surface area contributed by atoms with Gasteiger partial charge in [-0.1, -0.05) is 0 Å². The van der Waals surface area contributed by atoms with Gasteiger partial charge in [-0.2, -0.15) is 4.39 Å². The molecular weight excluding hydrogens is 223 g/mol. The van der Waals surface area contributed by atoms with Crippen molar-refractivity contribution in [2.45, 2.75) is 18.4 Å². The van der Waals surface area contributed by atoms with Gasteiger partial charge in [-0.3, -0.25) is 14.3 Å². The van der Waals surface area contributed by atoms with E-state index < -0.39 is 41.7 Å². The van der Waals surface area contributed by atoms with Crippen LogP contribution in [0.15, 0.2) is 15.8 Å². The number of rotatable bonds is 3. The van der Waals surface area contributed by atoms with Crippen LogP contribution in [0.2, 0.25) is 1.41 Å². The van der Waals surface area contributed by atoms with Gasteiger partial charge in [0.05, 0.1) is 14.2 Å². The summed E-state index contributed by atoms with van der Waals surface area (Å²) in [5.74, 6) is -1.61. The molecule has 2 rings (SSSR count). The largest absolute Gasteiger partial charge is 0.388 e. The van der Waals surface area contributed by atoms with Crippen LogP contribution in [-0.4, -0.2) is 41.4 Å². The SMILES string of the molecule is [2H]O[C@H]1[C@H](n2c([2H])c(F)c(=O)n([2H])c2=O)OC[C@H]1O[2H]. The topological polar surface area (TPSA) is 105 Å². The highest BCUT2D eigenvalue weighted by Crippen LogP contribution is 2.22. The lowest BCUT2D eigenvalue weighted by molar-refractivity contribution is -0.0218. The Balaban J connectivity index is 2.60. The molecule has 0 bridgehead atoms. The predicted octanol–water partition coefficient (Wildman–Crippen LogP) is -2.07. The van der Waals surface area contributed by atoms with E-state index in [4.69, 9.17) is 10.4 Å². The molecule has 1 saturated heterocycles. The Morgan fingerprint density at radius 3 is 3.25 bits per heavy atom. The maximum absolute atomic E-state index is 13.5. The van der Waals surface area contributed by atoms with Gasteiger partial charge in [0.15, 0.2) is 7.64 Å². The Labute approximate surface area is 93.6 Å². The summed E-state index contributed by atoms with van der Waals surface area (Å²) in [6, 6.07) is 0. The predicted molar refractivity (Wildman–Crippen MR) is 48.3 cm³/mol. The monoisotopic (exact) mass is 236 g/mol. The summed E-state index contributed by atoms with van der Waals surface area (Å²) in [4.78, 5) is 22.7. The maximum atomic E-state index is 13.5. The van der Waals surface area contributed by atoms with Crippen molar-refractivity contribution in [3.63, 3.8) is 0 Å². The van der Waals surface area contributed by atoms with Gasteiger partial charge in [0.2, 0.25) is 8.68 Å². The standard InChI is InChI=1S/C8H9FN2O5/c9-3-1-11(8(15)10-6(3)14)7-5(13)4(12)2-16-7/h1,4-5,7,12-13H,2H2,(H,10,14,15)/t4-,5-,7-/m1/s1/i1D,12D,13D/hD. The number of hydrogen-bond donors (Lipinski definition) is 3. The van der Waals surface area contributed by atoms with E-state index in [0.717, 1.165) is 0 Å². The Hall–Kier alpha value is -1.51. The third-order valence-electron chi connectivity index (χ3n) is 2.14. The number of halogens is 1. The van der Waals surface area contributed by atoms with E-state index in [1.54, 1.807) is 0 Å². The first-order chi connectivity index (χ1) is 9.43. The smallest absolute Gasteiger partial charge is 0.330 e. The molecule has 0 spiro atoms. The van der Waals surface area contributed by atoms with Crippen LogP contribution in [0.1, 0.15) is 7.60 Å². The normalized spacial score (nSPS) is 32.9. The molecule has 2 heterocycles. The molecule has 88 valence electrons. The van der Waals surface area contributed by atoms with Crippen molar-refractivity contribution in [3.8, 4) is 0 Å². The van der Waals surface area contributed by atoms with Gasteiger partial charge in [0, 0.05) is 0 Å². The number of aliphatic hydroxyl groups excluding tert-OH is 2. The minimum atomic E-state index is -1.61. The van der Waals surface area contributed by atoms with Gasteiger partial charge in [0.25, 0.3) is 5.56 Å². The molecule has 3 atom stereocenters. The number of H-pyrrole nitrogens is 1. The van der Waals surface area contributed by atoms with Crippen LogP contribution in [0.4, 0.5) is 4.39 Å². The van der Waals surface area contributed by atoms with Crippen molar-refractivity contribution in [2.75, 3.05) is 6.61 Å². The van der Waals surface area contributed by atoms with Crippen molar-refractivity contribution in [1.29, 1.82) is 2.86 Å². The van der Waals surface area contributed by atoms with Crippen LogP contribution in [0.3, 0.4) is 0 Å². The minimum Gasteiger partial charge on any atom is -0.388 e. The van der Waals surface area contributed by atoms with E-state index in [1.165, 1.54) is 0 Å². The average Bonchev–Trinajstić information content (AvgIpc) is 2.86. The van der Waals surface area contributed by atoms with E-state index >= 15 is 0 Å². The summed E-state index contributed by atoms with van der Waals surface area (Å²) >= 11 is 0. The summed E-state index contributed by atoms with van der Waals surface area (Å²) in [6.07, 6.45) is -4.86. The Bertz CT molecular complexity index is 635. The lowest BCUT2D eigenvalue weighted by Gasteiger charge is -2.16.